The van der Waals surface area contributed by atoms with Gasteiger partial charge in [0.15, 0.2) is 0 Å². The lowest BCUT2D eigenvalue weighted by Gasteiger charge is -2.28. The standard InChI is InChI=1S/C8H13NO2/c1-2-8(11)9-5-3-4-7(10)6-9/h2,7,10H,1,3-6H2/t7-/m0/s1. The molecule has 0 radical (unpaired) electrons. The molecular weight excluding hydrogens is 142 g/mol. The Bertz CT molecular complexity index is 167. The Morgan fingerprint density at radius 3 is 3.00 bits per heavy atom. The summed E-state index contributed by atoms with van der Waals surface area (Å²) in [7, 11) is 0. The van der Waals surface area contributed by atoms with Gasteiger partial charge in [0.25, 0.3) is 0 Å². The molecule has 3 heteroatoms. The van der Waals surface area contributed by atoms with Crippen LogP contribution in [0, 0.1) is 0 Å². The van der Waals surface area contributed by atoms with Gasteiger partial charge in [-0.2, -0.15) is 0 Å². The summed E-state index contributed by atoms with van der Waals surface area (Å²) in [6.07, 6.45) is 2.65. The number of hydrogen-bond donors (Lipinski definition) is 1. The molecule has 0 unspecified atom stereocenters. The SMILES string of the molecule is C=CC(=O)N1CCC[C@H](O)C1. The van der Waals surface area contributed by atoms with Gasteiger partial charge in [0.05, 0.1) is 6.10 Å². The molecule has 1 amide bonds. The first-order valence-corrected chi connectivity index (χ1v) is 3.83. The van der Waals surface area contributed by atoms with E-state index in [-0.39, 0.29) is 12.0 Å². The summed E-state index contributed by atoms with van der Waals surface area (Å²) in [6, 6.07) is 0. The second kappa shape index (κ2) is 3.53. The molecule has 11 heavy (non-hydrogen) atoms. The fraction of sp³-hybridized carbons (Fsp3) is 0.625. The van der Waals surface area contributed by atoms with Gasteiger partial charge in [-0.25, -0.2) is 0 Å². The van der Waals surface area contributed by atoms with E-state index in [1.165, 1.54) is 6.08 Å². The van der Waals surface area contributed by atoms with Crippen LogP contribution in [0.4, 0.5) is 0 Å². The summed E-state index contributed by atoms with van der Waals surface area (Å²) in [5, 5.41) is 9.20. The molecule has 1 fully saturated rings. The fourth-order valence-electron chi connectivity index (χ4n) is 1.28. The minimum absolute atomic E-state index is 0.0799. The maximum Gasteiger partial charge on any atom is 0.246 e. The van der Waals surface area contributed by atoms with E-state index < -0.39 is 0 Å². The molecule has 0 bridgehead atoms. The van der Waals surface area contributed by atoms with Crippen molar-refractivity contribution in [3.05, 3.63) is 12.7 Å². The highest BCUT2D eigenvalue weighted by Crippen LogP contribution is 2.09. The fourth-order valence-corrected chi connectivity index (χ4v) is 1.28. The first-order chi connectivity index (χ1) is 5.24. The number of hydrogen-bond acceptors (Lipinski definition) is 2. The van der Waals surface area contributed by atoms with Gasteiger partial charge in [0.1, 0.15) is 0 Å². The Morgan fingerprint density at radius 1 is 1.73 bits per heavy atom. The van der Waals surface area contributed by atoms with Crippen LogP contribution in [0.15, 0.2) is 12.7 Å². The van der Waals surface area contributed by atoms with Crippen LogP contribution in [0.3, 0.4) is 0 Å². The van der Waals surface area contributed by atoms with Gasteiger partial charge in [0, 0.05) is 13.1 Å². The van der Waals surface area contributed by atoms with Crippen LogP contribution >= 0.6 is 0 Å². The highest BCUT2D eigenvalue weighted by Gasteiger charge is 2.19. The Hall–Kier alpha value is -0.830. The number of aliphatic hydroxyl groups excluding tert-OH is 1. The van der Waals surface area contributed by atoms with E-state index >= 15 is 0 Å². The largest absolute Gasteiger partial charge is 0.391 e. The molecule has 0 aromatic rings. The third kappa shape index (κ3) is 2.05. The van der Waals surface area contributed by atoms with Crippen molar-refractivity contribution < 1.29 is 9.90 Å². The van der Waals surface area contributed by atoms with Gasteiger partial charge in [-0.3, -0.25) is 4.79 Å². The predicted octanol–water partition coefficient (Wildman–Crippen LogP) is 0.156. The maximum atomic E-state index is 11.0. The average molecular weight is 155 g/mol. The van der Waals surface area contributed by atoms with E-state index in [1.54, 1.807) is 4.90 Å². The summed E-state index contributed by atoms with van der Waals surface area (Å²) in [4.78, 5) is 12.6. The van der Waals surface area contributed by atoms with Crippen molar-refractivity contribution in [2.45, 2.75) is 18.9 Å². The van der Waals surface area contributed by atoms with Crippen LogP contribution in [0.2, 0.25) is 0 Å². The molecule has 0 aromatic carbocycles. The van der Waals surface area contributed by atoms with Crippen molar-refractivity contribution >= 4 is 5.91 Å². The van der Waals surface area contributed by atoms with E-state index in [1.807, 2.05) is 0 Å². The highest BCUT2D eigenvalue weighted by molar-refractivity contribution is 5.87. The minimum atomic E-state index is -0.340. The van der Waals surface area contributed by atoms with Gasteiger partial charge in [-0.15, -0.1) is 0 Å². The summed E-state index contributed by atoms with van der Waals surface area (Å²) in [5.41, 5.74) is 0. The van der Waals surface area contributed by atoms with E-state index in [4.69, 9.17) is 0 Å². The normalized spacial score (nSPS) is 24.8. The number of β-amino-alcohol motifs (C(OH)–C–C–N with tert-alkyl or cyclic N) is 1. The number of rotatable bonds is 1. The van der Waals surface area contributed by atoms with E-state index in [0.717, 1.165) is 19.4 Å². The maximum absolute atomic E-state index is 11.0. The van der Waals surface area contributed by atoms with Crippen molar-refractivity contribution in [2.75, 3.05) is 13.1 Å². The van der Waals surface area contributed by atoms with Gasteiger partial charge in [0.2, 0.25) is 5.91 Å². The lowest BCUT2D eigenvalue weighted by molar-refractivity contribution is -0.128. The molecule has 0 aliphatic carbocycles. The van der Waals surface area contributed by atoms with E-state index in [0.29, 0.717) is 6.54 Å². The smallest absolute Gasteiger partial charge is 0.246 e. The molecule has 1 aliphatic heterocycles. The molecule has 0 spiro atoms. The molecular formula is C8H13NO2. The van der Waals surface area contributed by atoms with Gasteiger partial charge < -0.3 is 10.0 Å². The molecule has 1 atom stereocenters. The number of likely N-dealkylation sites (tertiary alicyclic amines) is 1. The number of carbonyl (C=O) groups is 1. The predicted molar refractivity (Wildman–Crippen MR) is 42.0 cm³/mol. The van der Waals surface area contributed by atoms with E-state index in [2.05, 4.69) is 6.58 Å². The Morgan fingerprint density at radius 2 is 2.45 bits per heavy atom. The molecule has 3 nitrogen and oxygen atoms in total. The Balaban J connectivity index is 2.45. The molecule has 0 aromatic heterocycles. The Labute approximate surface area is 66.3 Å². The van der Waals surface area contributed by atoms with Crippen LogP contribution in [0.5, 0.6) is 0 Å². The molecule has 0 saturated carbocycles. The summed E-state index contributed by atoms with van der Waals surface area (Å²) < 4.78 is 0. The van der Waals surface area contributed by atoms with Gasteiger partial charge >= 0.3 is 0 Å². The summed E-state index contributed by atoms with van der Waals surface area (Å²) in [6.45, 7) is 4.60. The van der Waals surface area contributed by atoms with Gasteiger partial charge in [-0.05, 0) is 18.9 Å². The third-order valence-corrected chi connectivity index (χ3v) is 1.88. The summed E-state index contributed by atoms with van der Waals surface area (Å²) in [5.74, 6) is -0.0799. The molecule has 1 heterocycles. The number of carbonyl (C=O) groups excluding carboxylic acids is 1. The lowest BCUT2D eigenvalue weighted by atomic mass is 10.1. The number of aliphatic hydroxyl groups is 1. The zero-order valence-corrected chi connectivity index (χ0v) is 6.49. The second-order valence-electron chi connectivity index (χ2n) is 2.78. The zero-order chi connectivity index (χ0) is 8.27. The lowest BCUT2D eigenvalue weighted by Crippen LogP contribution is -2.41. The monoisotopic (exact) mass is 155 g/mol. The second-order valence-corrected chi connectivity index (χ2v) is 2.78. The molecule has 1 aliphatic rings. The number of piperidine rings is 1. The van der Waals surface area contributed by atoms with Crippen LogP contribution in [0.1, 0.15) is 12.8 Å². The zero-order valence-electron chi connectivity index (χ0n) is 6.49. The van der Waals surface area contributed by atoms with Crippen molar-refractivity contribution in [2.24, 2.45) is 0 Å². The first kappa shape index (κ1) is 8.27. The molecule has 1 rings (SSSR count). The quantitative estimate of drug-likeness (QED) is 0.548. The van der Waals surface area contributed by atoms with Gasteiger partial charge in [-0.1, -0.05) is 6.58 Å². The molecule has 62 valence electrons. The molecule has 1 saturated heterocycles. The third-order valence-electron chi connectivity index (χ3n) is 1.88. The minimum Gasteiger partial charge on any atom is -0.391 e. The summed E-state index contributed by atoms with van der Waals surface area (Å²) >= 11 is 0. The van der Waals surface area contributed by atoms with E-state index in [9.17, 15) is 9.90 Å². The average Bonchev–Trinajstić information content (AvgIpc) is 2.03. The number of amides is 1. The first-order valence-electron chi connectivity index (χ1n) is 3.83. The van der Waals surface area contributed by atoms with Crippen LogP contribution in [-0.4, -0.2) is 35.1 Å². The molecule has 1 N–H and O–H groups in total. The van der Waals surface area contributed by atoms with Crippen molar-refractivity contribution in [1.82, 2.24) is 4.90 Å². The number of nitrogens with zero attached hydrogens (tertiary/aromatic N) is 1. The topological polar surface area (TPSA) is 40.5 Å². The van der Waals surface area contributed by atoms with Crippen LogP contribution in [-0.2, 0) is 4.79 Å². The van der Waals surface area contributed by atoms with Crippen molar-refractivity contribution in [3.8, 4) is 0 Å². The van der Waals surface area contributed by atoms with Crippen LogP contribution < -0.4 is 0 Å². The van der Waals surface area contributed by atoms with Crippen molar-refractivity contribution in [1.29, 1.82) is 0 Å². The Kier molecular flexibility index (Phi) is 2.65. The van der Waals surface area contributed by atoms with Crippen LogP contribution in [0.25, 0.3) is 0 Å². The highest BCUT2D eigenvalue weighted by atomic mass is 16.3. The van der Waals surface area contributed by atoms with Crippen molar-refractivity contribution in [3.63, 3.8) is 0 Å².